The number of hydrogen-bond donors (Lipinski definition) is 0. The van der Waals surface area contributed by atoms with Crippen LogP contribution >= 0.6 is 0 Å². The second-order valence-electron chi connectivity index (χ2n) is 16.2. The lowest BCUT2D eigenvalue weighted by molar-refractivity contribution is 0.639. The molecule has 316 valence electrons. The van der Waals surface area contributed by atoms with Crippen LogP contribution in [0.4, 0.5) is 11.4 Å². The van der Waals surface area contributed by atoms with Crippen LogP contribution in [0.1, 0.15) is 57.7 Å². The average Bonchev–Trinajstić information content (AvgIpc) is 3.49. The van der Waals surface area contributed by atoms with Crippen molar-refractivity contribution in [2.24, 2.45) is 0 Å². The summed E-state index contributed by atoms with van der Waals surface area (Å²) in [5.74, 6) is 0. The van der Waals surface area contributed by atoms with Crippen molar-refractivity contribution in [3.05, 3.63) is 296 Å². The van der Waals surface area contributed by atoms with Crippen LogP contribution in [0.5, 0.6) is 0 Å². The summed E-state index contributed by atoms with van der Waals surface area (Å²) in [6.07, 6.45) is 39.8. The van der Waals surface area contributed by atoms with Crippen LogP contribution in [0.25, 0.3) is 16.7 Å². The molecule has 1 aliphatic rings. The Morgan fingerprint density at radius 1 is 0.635 bits per heavy atom. The van der Waals surface area contributed by atoms with E-state index < -0.39 is 5.41 Å². The van der Waals surface area contributed by atoms with E-state index in [1.165, 1.54) is 44.5 Å². The molecule has 0 aromatic heterocycles. The molecule has 0 fully saturated rings. The third-order valence-corrected chi connectivity index (χ3v) is 11.7. The van der Waals surface area contributed by atoms with E-state index in [0.29, 0.717) is 6.42 Å². The molecule has 0 amide bonds. The van der Waals surface area contributed by atoms with E-state index >= 15 is 0 Å². The van der Waals surface area contributed by atoms with Crippen LogP contribution in [0.3, 0.4) is 0 Å². The quantitative estimate of drug-likeness (QED) is 0.0803. The highest BCUT2D eigenvalue weighted by atomic mass is 15.1. The van der Waals surface area contributed by atoms with Crippen LogP contribution in [0.15, 0.2) is 279 Å². The first-order valence-corrected chi connectivity index (χ1v) is 21.7. The monoisotopic (exact) mass is 821 g/mol. The zero-order valence-electron chi connectivity index (χ0n) is 38.0. The molecule has 0 radical (unpaired) electrons. The zero-order chi connectivity index (χ0) is 45.2. The highest BCUT2D eigenvalue weighted by molar-refractivity contribution is 5.88. The van der Waals surface area contributed by atoms with Crippen molar-refractivity contribution >= 4 is 16.9 Å². The number of benzene rings is 4. The number of fused-ring (bicyclic) bond motifs is 1. The number of anilines is 2. The summed E-state index contributed by atoms with van der Waals surface area (Å²) in [5, 5.41) is 0. The van der Waals surface area contributed by atoms with Crippen LogP contribution < -0.4 is 4.90 Å². The highest BCUT2D eigenvalue weighted by Gasteiger charge is 2.35. The van der Waals surface area contributed by atoms with Gasteiger partial charge in [-0.25, -0.2) is 0 Å². The lowest BCUT2D eigenvalue weighted by atomic mass is 9.72. The number of rotatable bonds is 20. The van der Waals surface area contributed by atoms with Gasteiger partial charge in [0.15, 0.2) is 0 Å². The zero-order valence-corrected chi connectivity index (χ0v) is 38.0. The van der Waals surface area contributed by atoms with Gasteiger partial charge in [0.05, 0.1) is 5.41 Å². The first-order valence-electron chi connectivity index (χ1n) is 21.7. The van der Waals surface area contributed by atoms with Gasteiger partial charge in [-0.3, -0.25) is 0 Å². The molecule has 1 heteroatoms. The largest absolute Gasteiger partial charge is 0.311 e. The van der Waals surface area contributed by atoms with E-state index in [1.807, 2.05) is 48.6 Å². The first-order chi connectivity index (χ1) is 30.5. The van der Waals surface area contributed by atoms with Gasteiger partial charge in [-0.15, -0.1) is 0 Å². The van der Waals surface area contributed by atoms with Crippen molar-refractivity contribution in [1.82, 2.24) is 0 Å². The molecule has 0 N–H and O–H groups in total. The topological polar surface area (TPSA) is 3.24 Å². The molecule has 0 spiro atoms. The highest BCUT2D eigenvalue weighted by Crippen LogP contribution is 2.48. The molecular weight excluding hydrogens is 759 g/mol. The molecule has 4 aromatic carbocycles. The Hall–Kier alpha value is -7.22. The van der Waals surface area contributed by atoms with Crippen molar-refractivity contribution < 1.29 is 0 Å². The van der Waals surface area contributed by atoms with Gasteiger partial charge in [0.25, 0.3) is 0 Å². The van der Waals surface area contributed by atoms with Gasteiger partial charge in [-0.2, -0.15) is 0 Å². The molecule has 0 saturated carbocycles. The van der Waals surface area contributed by atoms with Crippen LogP contribution in [-0.4, -0.2) is 0 Å². The average molecular weight is 822 g/mol. The van der Waals surface area contributed by atoms with E-state index in [-0.39, 0.29) is 5.41 Å². The normalized spacial score (nSPS) is 15.7. The third-order valence-electron chi connectivity index (χ3n) is 11.7. The van der Waals surface area contributed by atoms with Gasteiger partial charge >= 0.3 is 0 Å². The second-order valence-corrected chi connectivity index (χ2v) is 16.2. The fraction of sp³-hybridized carbons (Fsp3) is 0.129. The summed E-state index contributed by atoms with van der Waals surface area (Å²) in [6.45, 7) is 31.2. The summed E-state index contributed by atoms with van der Waals surface area (Å²) in [7, 11) is 0. The lowest BCUT2D eigenvalue weighted by Gasteiger charge is -2.31. The predicted octanol–water partition coefficient (Wildman–Crippen LogP) is 17.3. The molecule has 4 aromatic rings. The van der Waals surface area contributed by atoms with Gasteiger partial charge in [0.2, 0.25) is 0 Å². The fourth-order valence-corrected chi connectivity index (χ4v) is 8.10. The van der Waals surface area contributed by atoms with Gasteiger partial charge in [-0.1, -0.05) is 246 Å². The van der Waals surface area contributed by atoms with E-state index in [1.54, 1.807) is 6.08 Å². The summed E-state index contributed by atoms with van der Waals surface area (Å²) < 4.78 is 0. The predicted molar refractivity (Wildman–Crippen MR) is 279 cm³/mol. The Labute approximate surface area is 379 Å². The molecule has 1 aliphatic carbocycles. The maximum Gasteiger partial charge on any atom is 0.0531 e. The van der Waals surface area contributed by atoms with Gasteiger partial charge < -0.3 is 4.90 Å². The van der Waals surface area contributed by atoms with Crippen molar-refractivity contribution in [1.29, 1.82) is 0 Å². The third kappa shape index (κ3) is 11.4. The fourth-order valence-electron chi connectivity index (χ4n) is 8.10. The van der Waals surface area contributed by atoms with Crippen molar-refractivity contribution in [3.63, 3.8) is 0 Å². The second kappa shape index (κ2) is 22.6. The SMILES string of the molecule is C=C/C=C\C=C(/C)C(/C=C/C(=C\C=C)C/C=C\C(=C/C=C)N(c1ccc(-c2ccccc2)cc1)c1ccc2c(c1)C(C)(C)C(C)=C2/C=C\C=C)(/C=C(C)/C=C\C=C)c1ccccc1. The number of nitrogens with zero attached hydrogens (tertiary/aromatic N) is 1. The molecule has 63 heavy (non-hydrogen) atoms. The number of hydrogen-bond acceptors (Lipinski definition) is 1. The molecule has 0 heterocycles. The Morgan fingerprint density at radius 2 is 1.27 bits per heavy atom. The molecular formula is C62H63N. The maximum atomic E-state index is 4.17. The summed E-state index contributed by atoms with van der Waals surface area (Å²) in [6, 6.07) is 36.9. The van der Waals surface area contributed by atoms with E-state index in [4.69, 9.17) is 0 Å². The van der Waals surface area contributed by atoms with Gasteiger partial charge in [-0.05, 0) is 103 Å². The Morgan fingerprint density at radius 3 is 1.92 bits per heavy atom. The molecule has 0 bridgehead atoms. The molecule has 1 unspecified atom stereocenters. The smallest absolute Gasteiger partial charge is 0.0531 e. The minimum atomic E-state index is -0.543. The lowest BCUT2D eigenvalue weighted by Crippen LogP contribution is -2.23. The molecule has 1 atom stereocenters. The standard InChI is InChI=1S/C62H63N/c1-11-16-21-30-49(7)62(47-48(6)29-17-12-2,54-34-24-20-25-35-54)45-44-51(27-14-4)31-26-36-55(28-15-5)63(56-40-38-53(39-41-56)52-32-22-19-23-33-52)57-42-43-59-58(37-18-13-3)50(8)61(9,10)60(59)46-57/h11-30,32-47H,1-5,31H2,6-10H3/b21-16-,29-17-,36-26-,37-18-,45-44+,48-47+,49-30+,51-27-,55-28+. The van der Waals surface area contributed by atoms with Crippen LogP contribution in [0.2, 0.25) is 0 Å². The first kappa shape index (κ1) is 46.8. The summed E-state index contributed by atoms with van der Waals surface area (Å²) in [5.41, 5.74) is 14.5. The van der Waals surface area contributed by atoms with Crippen LogP contribution in [-0.2, 0) is 10.8 Å². The Kier molecular flexibility index (Phi) is 16.8. The van der Waals surface area contributed by atoms with Gasteiger partial charge in [0, 0.05) is 22.5 Å². The minimum absolute atomic E-state index is 0.149. The molecule has 1 nitrogen and oxygen atoms in total. The van der Waals surface area contributed by atoms with E-state index in [2.05, 4.69) is 236 Å². The maximum absolute atomic E-state index is 4.17. The van der Waals surface area contributed by atoms with Crippen molar-refractivity contribution in [2.75, 3.05) is 4.90 Å². The molecule has 5 rings (SSSR count). The molecule has 0 aliphatic heterocycles. The summed E-state index contributed by atoms with van der Waals surface area (Å²) >= 11 is 0. The van der Waals surface area contributed by atoms with Crippen LogP contribution in [0, 0.1) is 0 Å². The Bertz CT molecular complexity index is 2580. The van der Waals surface area contributed by atoms with Crippen molar-refractivity contribution in [2.45, 2.75) is 51.9 Å². The molecule has 0 saturated heterocycles. The van der Waals surface area contributed by atoms with Gasteiger partial charge in [0.1, 0.15) is 0 Å². The van der Waals surface area contributed by atoms with E-state index in [0.717, 1.165) is 28.2 Å². The number of allylic oxidation sites excluding steroid dienone is 24. The minimum Gasteiger partial charge on any atom is -0.311 e. The summed E-state index contributed by atoms with van der Waals surface area (Å²) in [4.78, 5) is 2.33. The Balaban J connectivity index is 1.61. The van der Waals surface area contributed by atoms with E-state index in [9.17, 15) is 0 Å². The van der Waals surface area contributed by atoms with Crippen molar-refractivity contribution in [3.8, 4) is 11.1 Å².